The molecule has 0 spiro atoms. The van der Waals surface area contributed by atoms with Gasteiger partial charge in [-0.15, -0.1) is 6.42 Å². The van der Waals surface area contributed by atoms with Gasteiger partial charge in [0.05, 0.1) is 6.54 Å². The average Bonchev–Trinajstić information content (AvgIpc) is 2.60. The number of carbonyl (C=O) groups excluding carboxylic acids is 3. The van der Waals surface area contributed by atoms with Gasteiger partial charge in [0.15, 0.2) is 0 Å². The van der Waals surface area contributed by atoms with E-state index in [0.717, 1.165) is 5.56 Å². The molecule has 0 saturated carbocycles. The zero-order valence-electron chi connectivity index (χ0n) is 15.9. The zero-order chi connectivity index (χ0) is 20.3. The molecule has 1 atom stereocenters. The van der Waals surface area contributed by atoms with Crippen LogP contribution in [-0.4, -0.2) is 36.2 Å². The van der Waals surface area contributed by atoms with Crippen molar-refractivity contribution < 1.29 is 23.9 Å². The van der Waals surface area contributed by atoms with Crippen molar-refractivity contribution in [1.82, 2.24) is 10.6 Å². The summed E-state index contributed by atoms with van der Waals surface area (Å²) in [5.74, 6) is 1.32. The molecule has 0 aliphatic heterocycles. The Morgan fingerprint density at radius 3 is 2.44 bits per heavy atom. The second kappa shape index (κ2) is 10.9. The van der Waals surface area contributed by atoms with E-state index in [4.69, 9.17) is 15.9 Å². The van der Waals surface area contributed by atoms with Crippen LogP contribution in [0.3, 0.4) is 0 Å². The van der Waals surface area contributed by atoms with Crippen LogP contribution in [0.4, 0.5) is 4.79 Å². The fourth-order valence-corrected chi connectivity index (χ4v) is 2.05. The molecule has 1 rings (SSSR count). The molecule has 0 radical (unpaired) electrons. The fraction of sp³-hybridized carbons (Fsp3) is 0.450. The van der Waals surface area contributed by atoms with Crippen LogP contribution in [0.15, 0.2) is 30.3 Å². The van der Waals surface area contributed by atoms with E-state index in [1.165, 1.54) is 0 Å². The largest absolute Gasteiger partial charge is 0.461 e. The number of nitrogens with one attached hydrogen (secondary N) is 2. The highest BCUT2D eigenvalue weighted by atomic mass is 16.6. The first-order valence-corrected chi connectivity index (χ1v) is 8.61. The Kier molecular flexibility index (Phi) is 8.86. The number of amides is 2. The maximum atomic E-state index is 12.2. The average molecular weight is 374 g/mol. The molecule has 0 saturated heterocycles. The monoisotopic (exact) mass is 374 g/mol. The van der Waals surface area contributed by atoms with Gasteiger partial charge in [-0.05, 0) is 32.8 Å². The molecule has 7 heteroatoms. The Morgan fingerprint density at radius 1 is 1.19 bits per heavy atom. The molecule has 7 nitrogen and oxygen atoms in total. The van der Waals surface area contributed by atoms with E-state index < -0.39 is 29.6 Å². The second-order valence-electron chi connectivity index (χ2n) is 6.81. The summed E-state index contributed by atoms with van der Waals surface area (Å²) in [7, 11) is 0. The lowest BCUT2D eigenvalue weighted by Gasteiger charge is -2.23. The number of carbonyl (C=O) groups is 3. The van der Waals surface area contributed by atoms with Gasteiger partial charge in [0, 0.05) is 6.42 Å². The van der Waals surface area contributed by atoms with Crippen LogP contribution in [0.1, 0.15) is 39.2 Å². The molecule has 0 aliphatic carbocycles. The van der Waals surface area contributed by atoms with Crippen LogP contribution >= 0.6 is 0 Å². The molecule has 1 aromatic rings. The second-order valence-corrected chi connectivity index (χ2v) is 6.81. The maximum Gasteiger partial charge on any atom is 0.408 e. The summed E-state index contributed by atoms with van der Waals surface area (Å²) in [5, 5.41) is 4.95. The van der Waals surface area contributed by atoms with E-state index in [0.29, 0.717) is 0 Å². The molecule has 1 aromatic carbocycles. The van der Waals surface area contributed by atoms with Gasteiger partial charge in [0.1, 0.15) is 18.2 Å². The van der Waals surface area contributed by atoms with Gasteiger partial charge in [-0.1, -0.05) is 36.3 Å². The normalized spacial score (nSPS) is 11.6. The van der Waals surface area contributed by atoms with E-state index in [9.17, 15) is 14.4 Å². The van der Waals surface area contributed by atoms with Crippen molar-refractivity contribution in [3.63, 3.8) is 0 Å². The van der Waals surface area contributed by atoms with Crippen molar-refractivity contribution in [3.8, 4) is 12.3 Å². The highest BCUT2D eigenvalue weighted by molar-refractivity contribution is 5.86. The molecule has 0 unspecified atom stereocenters. The summed E-state index contributed by atoms with van der Waals surface area (Å²) in [6.07, 6.45) is 4.39. The molecule has 0 fully saturated rings. The van der Waals surface area contributed by atoms with Crippen molar-refractivity contribution in [2.75, 3.05) is 6.54 Å². The molecular weight excluding hydrogens is 348 g/mol. The minimum absolute atomic E-state index is 0.0176. The number of benzene rings is 1. The van der Waals surface area contributed by atoms with Crippen LogP contribution < -0.4 is 10.6 Å². The molecule has 2 amide bonds. The molecule has 0 bridgehead atoms. The predicted molar refractivity (Wildman–Crippen MR) is 100 cm³/mol. The SMILES string of the molecule is C#CCNC(=O)[C@H](CCC(=O)OCc1ccccc1)NC(=O)OC(C)(C)C. The minimum atomic E-state index is -0.961. The number of rotatable bonds is 8. The summed E-state index contributed by atoms with van der Waals surface area (Å²) in [5.41, 5.74) is 0.152. The number of alkyl carbamates (subject to hydrolysis) is 1. The van der Waals surface area contributed by atoms with Crippen LogP contribution in [-0.2, 0) is 25.7 Å². The van der Waals surface area contributed by atoms with Crippen molar-refractivity contribution in [3.05, 3.63) is 35.9 Å². The standard InChI is InChI=1S/C20H26N2O5/c1-5-13-21-18(24)16(22-19(25)27-20(2,3)4)11-12-17(23)26-14-15-9-7-6-8-10-15/h1,6-10,16H,11-14H2,2-4H3,(H,21,24)(H,22,25)/t16-/m0/s1. The quantitative estimate of drug-likeness (QED) is 0.537. The Balaban J connectivity index is 2.56. The Morgan fingerprint density at radius 2 is 1.85 bits per heavy atom. The van der Waals surface area contributed by atoms with E-state index in [2.05, 4.69) is 16.6 Å². The summed E-state index contributed by atoms with van der Waals surface area (Å²) >= 11 is 0. The van der Waals surface area contributed by atoms with Crippen LogP contribution in [0.2, 0.25) is 0 Å². The van der Waals surface area contributed by atoms with Crippen LogP contribution in [0, 0.1) is 12.3 Å². The third kappa shape index (κ3) is 9.90. The Labute approximate surface area is 159 Å². The van der Waals surface area contributed by atoms with Crippen LogP contribution in [0.5, 0.6) is 0 Å². The molecule has 0 aromatic heterocycles. The summed E-state index contributed by atoms with van der Waals surface area (Å²) < 4.78 is 10.3. The van der Waals surface area contributed by atoms with Gasteiger partial charge in [-0.25, -0.2) is 4.79 Å². The zero-order valence-corrected chi connectivity index (χ0v) is 15.9. The topological polar surface area (TPSA) is 93.7 Å². The molecular formula is C20H26N2O5. The van der Waals surface area contributed by atoms with Crippen molar-refractivity contribution in [2.45, 2.75) is 51.9 Å². The maximum absolute atomic E-state index is 12.2. The molecule has 146 valence electrons. The van der Waals surface area contributed by atoms with E-state index >= 15 is 0 Å². The first kappa shape index (κ1) is 22.0. The molecule has 0 heterocycles. The highest BCUT2D eigenvalue weighted by Gasteiger charge is 2.25. The van der Waals surface area contributed by atoms with Gasteiger partial charge in [0.25, 0.3) is 0 Å². The van der Waals surface area contributed by atoms with Gasteiger partial charge >= 0.3 is 12.1 Å². The lowest BCUT2D eigenvalue weighted by Crippen LogP contribution is -2.48. The first-order chi connectivity index (χ1) is 12.7. The fourth-order valence-electron chi connectivity index (χ4n) is 2.05. The van der Waals surface area contributed by atoms with Crippen LogP contribution in [0.25, 0.3) is 0 Å². The summed E-state index contributed by atoms with van der Waals surface area (Å²) in [6.45, 7) is 5.29. The predicted octanol–water partition coefficient (Wildman–Crippen LogP) is 2.15. The minimum Gasteiger partial charge on any atom is -0.461 e. The molecule has 0 aliphatic rings. The Bertz CT molecular complexity index is 674. The van der Waals surface area contributed by atoms with E-state index in [-0.39, 0.29) is 26.0 Å². The number of ether oxygens (including phenoxy) is 2. The lowest BCUT2D eigenvalue weighted by molar-refractivity contribution is -0.145. The third-order valence-corrected chi connectivity index (χ3v) is 3.25. The summed E-state index contributed by atoms with van der Waals surface area (Å²) in [4.78, 5) is 36.0. The van der Waals surface area contributed by atoms with Crippen molar-refractivity contribution in [2.24, 2.45) is 0 Å². The highest BCUT2D eigenvalue weighted by Crippen LogP contribution is 2.09. The van der Waals surface area contributed by atoms with Gasteiger partial charge in [-0.3, -0.25) is 9.59 Å². The van der Waals surface area contributed by atoms with Gasteiger partial charge in [0.2, 0.25) is 5.91 Å². The third-order valence-electron chi connectivity index (χ3n) is 3.25. The number of hydrogen-bond donors (Lipinski definition) is 2. The van der Waals surface area contributed by atoms with Crippen molar-refractivity contribution in [1.29, 1.82) is 0 Å². The first-order valence-electron chi connectivity index (χ1n) is 8.61. The Hall–Kier alpha value is -3.01. The molecule has 27 heavy (non-hydrogen) atoms. The summed E-state index contributed by atoms with van der Waals surface area (Å²) in [6, 6.07) is 8.28. The smallest absolute Gasteiger partial charge is 0.408 e. The van der Waals surface area contributed by atoms with Gasteiger partial charge < -0.3 is 20.1 Å². The van der Waals surface area contributed by atoms with Crippen molar-refractivity contribution >= 4 is 18.0 Å². The lowest BCUT2D eigenvalue weighted by atomic mass is 10.1. The van der Waals surface area contributed by atoms with E-state index in [1.54, 1.807) is 20.8 Å². The van der Waals surface area contributed by atoms with Gasteiger partial charge in [-0.2, -0.15) is 0 Å². The number of esters is 1. The number of terminal acetylenes is 1. The molecule has 2 N–H and O–H groups in total. The number of hydrogen-bond acceptors (Lipinski definition) is 5. The van der Waals surface area contributed by atoms with E-state index in [1.807, 2.05) is 30.3 Å².